The number of hydrogen-bond donors (Lipinski definition) is 2. The number of methoxy groups -OCH3 is 2. The summed E-state index contributed by atoms with van der Waals surface area (Å²) < 4.78 is 10.0. The van der Waals surface area contributed by atoms with E-state index >= 15 is 0 Å². The summed E-state index contributed by atoms with van der Waals surface area (Å²) in [7, 11) is 4.61. The number of rotatable bonds is 8. The van der Waals surface area contributed by atoms with Crippen LogP contribution >= 0.6 is 11.8 Å². The molecule has 0 saturated heterocycles. The second-order valence-electron chi connectivity index (χ2n) is 5.54. The molecule has 7 heteroatoms. The first kappa shape index (κ1) is 20.6. The largest absolute Gasteiger partial charge is 0.496 e. The van der Waals surface area contributed by atoms with Gasteiger partial charge < -0.3 is 20.1 Å². The molecule has 2 rings (SSSR count). The fourth-order valence-electron chi connectivity index (χ4n) is 2.40. The summed E-state index contributed by atoms with van der Waals surface area (Å²) in [5, 5.41) is 6.53. The van der Waals surface area contributed by atoms with E-state index in [-0.39, 0.29) is 0 Å². The van der Waals surface area contributed by atoms with Crippen LogP contribution in [0.2, 0.25) is 0 Å². The maximum atomic E-state index is 11.9. The Labute approximate surface area is 164 Å². The fraction of sp³-hybridized carbons (Fsp3) is 0.300. The van der Waals surface area contributed by atoms with E-state index in [4.69, 9.17) is 9.47 Å². The topological polar surface area (TPSA) is 72.0 Å². The van der Waals surface area contributed by atoms with Gasteiger partial charge in [0.1, 0.15) is 11.3 Å². The first-order chi connectivity index (χ1) is 13.2. The Bertz CT molecular complexity index is 766. The molecule has 0 aliphatic heterocycles. The lowest BCUT2D eigenvalue weighted by Gasteiger charge is -2.13. The van der Waals surface area contributed by atoms with Crippen molar-refractivity contribution in [2.24, 2.45) is 4.99 Å². The van der Waals surface area contributed by atoms with Crippen LogP contribution in [-0.2, 0) is 11.3 Å². The lowest BCUT2D eigenvalue weighted by atomic mass is 10.1. The van der Waals surface area contributed by atoms with Gasteiger partial charge in [-0.2, -0.15) is 0 Å². The van der Waals surface area contributed by atoms with Crippen molar-refractivity contribution in [3.8, 4) is 5.75 Å². The molecule has 0 atom stereocenters. The molecule has 0 radical (unpaired) electrons. The molecule has 0 bridgehead atoms. The number of nitrogens with one attached hydrogen (secondary N) is 2. The standard InChI is InChI=1S/C20H25N3O3S/c1-21-20(22-11-12-27-16-7-5-4-6-8-16)23-14-15-9-10-18(25-2)17(13-15)19(24)26-3/h4-10,13H,11-12,14H2,1-3H3,(H2,21,22,23). The van der Waals surface area contributed by atoms with Crippen LogP contribution in [0.15, 0.2) is 58.4 Å². The highest BCUT2D eigenvalue weighted by Gasteiger charge is 2.13. The van der Waals surface area contributed by atoms with Gasteiger partial charge in [0, 0.05) is 30.8 Å². The van der Waals surface area contributed by atoms with E-state index in [9.17, 15) is 4.79 Å². The highest BCUT2D eigenvalue weighted by molar-refractivity contribution is 7.99. The monoisotopic (exact) mass is 387 g/mol. The first-order valence-corrected chi connectivity index (χ1v) is 9.54. The van der Waals surface area contributed by atoms with Gasteiger partial charge in [-0.25, -0.2) is 4.79 Å². The minimum absolute atomic E-state index is 0.404. The predicted octanol–water partition coefficient (Wildman–Crippen LogP) is 2.94. The highest BCUT2D eigenvalue weighted by atomic mass is 32.2. The van der Waals surface area contributed by atoms with Crippen molar-refractivity contribution < 1.29 is 14.3 Å². The van der Waals surface area contributed by atoms with Gasteiger partial charge in [0.2, 0.25) is 0 Å². The van der Waals surface area contributed by atoms with E-state index in [2.05, 4.69) is 27.8 Å². The van der Waals surface area contributed by atoms with Gasteiger partial charge in [-0.15, -0.1) is 11.8 Å². The molecule has 2 N–H and O–H groups in total. The number of hydrogen-bond acceptors (Lipinski definition) is 5. The van der Waals surface area contributed by atoms with Crippen molar-refractivity contribution in [2.45, 2.75) is 11.4 Å². The van der Waals surface area contributed by atoms with Gasteiger partial charge in [-0.05, 0) is 29.8 Å². The van der Waals surface area contributed by atoms with Crippen LogP contribution in [0.5, 0.6) is 5.75 Å². The Balaban J connectivity index is 1.84. The summed E-state index contributed by atoms with van der Waals surface area (Å²) >= 11 is 1.79. The van der Waals surface area contributed by atoms with Crippen LogP contribution in [-0.4, -0.2) is 45.5 Å². The molecule has 0 unspecified atom stereocenters. The quantitative estimate of drug-likeness (QED) is 0.239. The molecule has 0 heterocycles. The minimum Gasteiger partial charge on any atom is -0.496 e. The SMILES string of the molecule is CN=C(NCCSc1ccccc1)NCc1ccc(OC)c(C(=O)OC)c1. The second kappa shape index (κ2) is 11.1. The Morgan fingerprint density at radius 3 is 2.56 bits per heavy atom. The molecule has 0 fully saturated rings. The molecule has 144 valence electrons. The summed E-state index contributed by atoms with van der Waals surface area (Å²) in [6.07, 6.45) is 0. The van der Waals surface area contributed by atoms with Crippen LogP contribution in [0, 0.1) is 0 Å². The molecule has 0 spiro atoms. The molecule has 0 amide bonds. The average Bonchev–Trinajstić information content (AvgIpc) is 2.73. The van der Waals surface area contributed by atoms with Crippen LogP contribution in [0.3, 0.4) is 0 Å². The van der Waals surface area contributed by atoms with E-state index in [1.807, 2.05) is 24.3 Å². The summed E-state index contributed by atoms with van der Waals surface area (Å²) in [5.41, 5.74) is 1.33. The minimum atomic E-state index is -0.422. The third-order valence-electron chi connectivity index (χ3n) is 3.76. The third-order valence-corrected chi connectivity index (χ3v) is 4.77. The van der Waals surface area contributed by atoms with Crippen molar-refractivity contribution in [3.05, 3.63) is 59.7 Å². The van der Waals surface area contributed by atoms with Gasteiger partial charge in [-0.1, -0.05) is 24.3 Å². The fourth-order valence-corrected chi connectivity index (χ4v) is 3.19. The number of carbonyl (C=O) groups is 1. The van der Waals surface area contributed by atoms with Crippen molar-refractivity contribution in [2.75, 3.05) is 33.6 Å². The number of guanidine groups is 1. The van der Waals surface area contributed by atoms with E-state index in [0.717, 1.165) is 17.9 Å². The van der Waals surface area contributed by atoms with Gasteiger partial charge in [-0.3, -0.25) is 4.99 Å². The van der Waals surface area contributed by atoms with E-state index in [0.29, 0.717) is 23.8 Å². The second-order valence-corrected chi connectivity index (χ2v) is 6.71. The number of esters is 1. The highest BCUT2D eigenvalue weighted by Crippen LogP contribution is 2.20. The number of benzene rings is 2. The average molecular weight is 388 g/mol. The van der Waals surface area contributed by atoms with E-state index in [1.165, 1.54) is 19.1 Å². The number of thioether (sulfide) groups is 1. The number of carbonyl (C=O) groups excluding carboxylic acids is 1. The summed E-state index contributed by atoms with van der Waals surface area (Å²) in [6.45, 7) is 1.31. The molecule has 2 aromatic carbocycles. The molecule has 0 aromatic heterocycles. The molecule has 0 saturated carbocycles. The Morgan fingerprint density at radius 2 is 1.89 bits per heavy atom. The smallest absolute Gasteiger partial charge is 0.341 e. The van der Waals surface area contributed by atoms with Gasteiger partial charge in [0.15, 0.2) is 5.96 Å². The van der Waals surface area contributed by atoms with E-state index < -0.39 is 5.97 Å². The number of ether oxygens (including phenoxy) is 2. The molecule has 6 nitrogen and oxygen atoms in total. The van der Waals surface area contributed by atoms with Crippen molar-refractivity contribution >= 4 is 23.7 Å². The molecule has 2 aromatic rings. The maximum absolute atomic E-state index is 11.9. The van der Waals surface area contributed by atoms with Crippen molar-refractivity contribution in [1.29, 1.82) is 0 Å². The third kappa shape index (κ3) is 6.53. The lowest BCUT2D eigenvalue weighted by Crippen LogP contribution is -2.37. The zero-order valence-corrected chi connectivity index (χ0v) is 16.6. The van der Waals surface area contributed by atoms with Crippen molar-refractivity contribution in [3.63, 3.8) is 0 Å². The molecule has 0 aliphatic rings. The van der Waals surface area contributed by atoms with Gasteiger partial charge >= 0.3 is 5.97 Å². The van der Waals surface area contributed by atoms with Crippen LogP contribution in [0.1, 0.15) is 15.9 Å². The summed E-state index contributed by atoms with van der Waals surface area (Å²) in [5.74, 6) is 1.71. The Morgan fingerprint density at radius 1 is 1.11 bits per heavy atom. The molecular formula is C20H25N3O3S. The summed E-state index contributed by atoms with van der Waals surface area (Å²) in [6, 6.07) is 15.7. The predicted molar refractivity (Wildman–Crippen MR) is 110 cm³/mol. The van der Waals surface area contributed by atoms with Crippen LogP contribution in [0.25, 0.3) is 0 Å². The molecule has 27 heavy (non-hydrogen) atoms. The molecule has 0 aliphatic carbocycles. The molecular weight excluding hydrogens is 362 g/mol. The Kier molecular flexibility index (Phi) is 8.51. The summed E-state index contributed by atoms with van der Waals surface area (Å²) in [4.78, 5) is 17.3. The Hall–Kier alpha value is -2.67. The van der Waals surface area contributed by atoms with Crippen molar-refractivity contribution in [1.82, 2.24) is 10.6 Å². The number of nitrogens with zero attached hydrogens (tertiary/aromatic N) is 1. The number of aliphatic imine (C=N–C) groups is 1. The van der Waals surface area contributed by atoms with Crippen LogP contribution in [0.4, 0.5) is 0 Å². The van der Waals surface area contributed by atoms with Gasteiger partial charge in [0.05, 0.1) is 14.2 Å². The normalized spacial score (nSPS) is 11.0. The zero-order chi connectivity index (χ0) is 19.5. The van der Waals surface area contributed by atoms with Gasteiger partial charge in [0.25, 0.3) is 0 Å². The lowest BCUT2D eigenvalue weighted by molar-refractivity contribution is 0.0597. The van der Waals surface area contributed by atoms with E-state index in [1.54, 1.807) is 30.9 Å². The zero-order valence-electron chi connectivity index (χ0n) is 15.8. The maximum Gasteiger partial charge on any atom is 0.341 e. The van der Waals surface area contributed by atoms with Crippen LogP contribution < -0.4 is 15.4 Å². The first-order valence-electron chi connectivity index (χ1n) is 8.55.